The summed E-state index contributed by atoms with van der Waals surface area (Å²) < 4.78 is 4.90. The van der Waals surface area contributed by atoms with Crippen molar-refractivity contribution in [3.05, 3.63) is 0 Å². The first-order valence-corrected chi connectivity index (χ1v) is 10.5. The van der Waals surface area contributed by atoms with Crippen LogP contribution in [0.25, 0.3) is 0 Å². The van der Waals surface area contributed by atoms with Crippen LogP contribution in [0, 0.1) is 5.92 Å². The van der Waals surface area contributed by atoms with Gasteiger partial charge in [0.1, 0.15) is 0 Å². The Bertz CT molecular complexity index is 382. The number of carbonyl (C=O) groups excluding carboxylic acids is 2. The third-order valence-electron chi connectivity index (χ3n) is 4.98. The molecule has 0 fully saturated rings. The minimum Gasteiger partial charge on any atom is -0.466 e. The van der Waals surface area contributed by atoms with E-state index in [-0.39, 0.29) is 17.8 Å². The molecule has 1 amide bonds. The Balaban J connectivity index is 3.90. The molecule has 0 aliphatic carbocycles. The summed E-state index contributed by atoms with van der Waals surface area (Å²) in [6.07, 6.45) is 11.5. The first-order valence-electron chi connectivity index (χ1n) is 10.5. The van der Waals surface area contributed by atoms with Crippen LogP contribution in [0.4, 0.5) is 0 Å². The number of rotatable bonds is 17. The molecule has 26 heavy (non-hydrogen) atoms. The average molecular weight is 372 g/mol. The molecule has 2 unspecified atom stereocenters. The number of nitrogens with two attached hydrogens (primary N) is 1. The Kier molecular flexibility index (Phi) is 14.4. The van der Waals surface area contributed by atoms with Gasteiger partial charge in [-0.25, -0.2) is 0 Å². The molecule has 0 rings (SSSR count). The second kappa shape index (κ2) is 15.0. The fourth-order valence-electron chi connectivity index (χ4n) is 3.29. The predicted molar refractivity (Wildman–Crippen MR) is 106 cm³/mol. The van der Waals surface area contributed by atoms with Crippen LogP contribution in [0.15, 0.2) is 0 Å². The van der Waals surface area contributed by atoms with Gasteiger partial charge in [-0.15, -0.1) is 0 Å². The Labute approximate surface area is 160 Å². The van der Waals surface area contributed by atoms with Gasteiger partial charge in [0.2, 0.25) is 5.91 Å². The van der Waals surface area contributed by atoms with Gasteiger partial charge in [-0.1, -0.05) is 45.4 Å². The van der Waals surface area contributed by atoms with Gasteiger partial charge in [0.05, 0.1) is 12.2 Å². The molecule has 0 saturated heterocycles. The molecule has 5 nitrogen and oxygen atoms in total. The summed E-state index contributed by atoms with van der Waals surface area (Å²) in [5.41, 5.74) is 4.90. The van der Waals surface area contributed by atoms with Crippen molar-refractivity contribution in [3.8, 4) is 0 Å². The van der Waals surface area contributed by atoms with E-state index >= 15 is 0 Å². The van der Waals surface area contributed by atoms with Gasteiger partial charge in [0.15, 0.2) is 0 Å². The summed E-state index contributed by atoms with van der Waals surface area (Å²) >= 11 is 0. The first-order chi connectivity index (χ1) is 12.3. The Morgan fingerprint density at radius 1 is 0.962 bits per heavy atom. The van der Waals surface area contributed by atoms with Crippen LogP contribution in [-0.2, 0) is 14.3 Å². The van der Waals surface area contributed by atoms with Gasteiger partial charge in [-0.05, 0) is 52.4 Å². The van der Waals surface area contributed by atoms with Crippen molar-refractivity contribution in [2.45, 2.75) is 110 Å². The lowest BCUT2D eigenvalue weighted by Crippen LogP contribution is -2.26. The molecule has 0 saturated carbocycles. The van der Waals surface area contributed by atoms with E-state index in [1.807, 2.05) is 13.8 Å². The van der Waals surface area contributed by atoms with Gasteiger partial charge in [0, 0.05) is 12.3 Å². The summed E-state index contributed by atoms with van der Waals surface area (Å²) in [6, 6.07) is 0. The SMILES string of the molecule is CCCCCC(C)(O)CCCC(CCCCCCC(=O)OCC)C(N)=O. The zero-order valence-electron chi connectivity index (χ0n) is 17.2. The summed E-state index contributed by atoms with van der Waals surface area (Å²) in [5, 5.41) is 10.4. The Morgan fingerprint density at radius 2 is 1.58 bits per heavy atom. The highest BCUT2D eigenvalue weighted by atomic mass is 16.5. The number of primary amides is 1. The van der Waals surface area contributed by atoms with Crippen molar-refractivity contribution >= 4 is 11.9 Å². The molecule has 2 atom stereocenters. The summed E-state index contributed by atoms with van der Waals surface area (Å²) in [7, 11) is 0. The summed E-state index contributed by atoms with van der Waals surface area (Å²) in [4.78, 5) is 22.9. The van der Waals surface area contributed by atoms with Crippen LogP contribution in [-0.4, -0.2) is 29.2 Å². The number of esters is 1. The normalized spacial score (nSPS) is 14.6. The second-order valence-corrected chi connectivity index (χ2v) is 7.70. The van der Waals surface area contributed by atoms with E-state index in [2.05, 4.69) is 6.92 Å². The molecule has 0 aromatic heterocycles. The lowest BCUT2D eigenvalue weighted by Gasteiger charge is -2.24. The van der Waals surface area contributed by atoms with Crippen LogP contribution >= 0.6 is 0 Å². The molecule has 0 radical (unpaired) electrons. The maximum atomic E-state index is 11.6. The van der Waals surface area contributed by atoms with E-state index < -0.39 is 5.60 Å². The fraction of sp³-hybridized carbons (Fsp3) is 0.905. The van der Waals surface area contributed by atoms with Gasteiger partial charge < -0.3 is 15.6 Å². The summed E-state index contributed by atoms with van der Waals surface area (Å²) in [5.74, 6) is -0.470. The number of aliphatic hydroxyl groups is 1. The molecule has 0 aliphatic rings. The first kappa shape index (κ1) is 24.9. The number of hydrogen-bond donors (Lipinski definition) is 2. The van der Waals surface area contributed by atoms with Gasteiger partial charge in [-0.3, -0.25) is 9.59 Å². The molecule has 154 valence electrons. The van der Waals surface area contributed by atoms with Crippen LogP contribution in [0.3, 0.4) is 0 Å². The minimum atomic E-state index is -0.634. The zero-order chi connectivity index (χ0) is 19.8. The molecular formula is C21H41NO4. The van der Waals surface area contributed by atoms with Crippen molar-refractivity contribution in [2.24, 2.45) is 11.7 Å². The molecule has 0 aliphatic heterocycles. The smallest absolute Gasteiger partial charge is 0.305 e. The quantitative estimate of drug-likeness (QED) is 0.291. The van der Waals surface area contributed by atoms with Crippen molar-refractivity contribution in [1.82, 2.24) is 0 Å². The standard InChI is InChI=1S/C21H41NO4/c1-4-6-11-16-21(3,25)17-12-14-18(20(22)24)13-9-7-8-10-15-19(23)26-5-2/h18,25H,4-17H2,1-3H3,(H2,22,24). The molecule has 0 spiro atoms. The molecule has 0 aromatic carbocycles. The van der Waals surface area contributed by atoms with E-state index in [4.69, 9.17) is 10.5 Å². The molecular weight excluding hydrogens is 330 g/mol. The van der Waals surface area contributed by atoms with E-state index in [1.165, 1.54) is 0 Å². The lowest BCUT2D eigenvalue weighted by atomic mass is 9.88. The minimum absolute atomic E-state index is 0.105. The molecule has 0 bridgehead atoms. The third kappa shape index (κ3) is 14.1. The largest absolute Gasteiger partial charge is 0.466 e. The number of ether oxygens (including phenoxy) is 1. The van der Waals surface area contributed by atoms with Gasteiger partial charge in [0.25, 0.3) is 0 Å². The van der Waals surface area contributed by atoms with Gasteiger partial charge in [-0.2, -0.15) is 0 Å². The highest BCUT2D eigenvalue weighted by Gasteiger charge is 2.21. The van der Waals surface area contributed by atoms with E-state index in [9.17, 15) is 14.7 Å². The number of hydrogen-bond acceptors (Lipinski definition) is 4. The highest BCUT2D eigenvalue weighted by molar-refractivity contribution is 5.76. The van der Waals surface area contributed by atoms with Crippen LogP contribution < -0.4 is 5.73 Å². The van der Waals surface area contributed by atoms with Gasteiger partial charge >= 0.3 is 5.97 Å². The van der Waals surface area contributed by atoms with Crippen molar-refractivity contribution in [2.75, 3.05) is 6.61 Å². The van der Waals surface area contributed by atoms with Crippen LogP contribution in [0.2, 0.25) is 0 Å². The molecule has 0 aromatic rings. The lowest BCUT2D eigenvalue weighted by molar-refractivity contribution is -0.143. The monoisotopic (exact) mass is 371 g/mol. The summed E-state index contributed by atoms with van der Waals surface area (Å²) in [6.45, 7) is 6.30. The van der Waals surface area contributed by atoms with Crippen molar-refractivity contribution in [1.29, 1.82) is 0 Å². The Morgan fingerprint density at radius 3 is 2.19 bits per heavy atom. The maximum Gasteiger partial charge on any atom is 0.305 e. The topological polar surface area (TPSA) is 89.6 Å². The van der Waals surface area contributed by atoms with Crippen molar-refractivity contribution in [3.63, 3.8) is 0 Å². The molecule has 3 N–H and O–H groups in total. The predicted octanol–water partition coefficient (Wildman–Crippen LogP) is 4.49. The highest BCUT2D eigenvalue weighted by Crippen LogP contribution is 2.24. The number of carbonyl (C=O) groups is 2. The van der Waals surface area contributed by atoms with E-state index in [0.29, 0.717) is 13.0 Å². The zero-order valence-corrected chi connectivity index (χ0v) is 17.2. The molecule has 0 heterocycles. The van der Waals surface area contributed by atoms with Crippen LogP contribution in [0.5, 0.6) is 0 Å². The number of unbranched alkanes of at least 4 members (excludes halogenated alkanes) is 5. The molecule has 5 heteroatoms. The van der Waals surface area contributed by atoms with E-state index in [1.54, 1.807) is 0 Å². The fourth-order valence-corrected chi connectivity index (χ4v) is 3.29. The Hall–Kier alpha value is -1.10. The van der Waals surface area contributed by atoms with E-state index in [0.717, 1.165) is 77.0 Å². The van der Waals surface area contributed by atoms with Crippen LogP contribution in [0.1, 0.15) is 104 Å². The second-order valence-electron chi connectivity index (χ2n) is 7.70. The number of amides is 1. The average Bonchev–Trinajstić information content (AvgIpc) is 2.56. The maximum absolute atomic E-state index is 11.6. The van der Waals surface area contributed by atoms with Crippen molar-refractivity contribution < 1.29 is 19.4 Å². The third-order valence-corrected chi connectivity index (χ3v) is 4.98.